The summed E-state index contributed by atoms with van der Waals surface area (Å²) in [5, 5.41) is 16.0. The Hall–Kier alpha value is -2.53. The van der Waals surface area contributed by atoms with Crippen LogP contribution >= 0.6 is 0 Å². The maximum atomic E-state index is 4.29. The third-order valence-electron chi connectivity index (χ3n) is 4.05. The number of hydrogen-bond acceptors (Lipinski definition) is 4. The molecule has 0 unspecified atom stereocenters. The molecular formula is C19H23N5. The quantitative estimate of drug-likeness (QED) is 0.726. The zero-order valence-electron chi connectivity index (χ0n) is 14.1. The van der Waals surface area contributed by atoms with Gasteiger partial charge in [-0.05, 0) is 27.5 Å². The van der Waals surface area contributed by atoms with Crippen molar-refractivity contribution in [1.82, 2.24) is 25.5 Å². The molecule has 124 valence electrons. The first-order chi connectivity index (χ1) is 11.7. The van der Waals surface area contributed by atoms with Gasteiger partial charge < -0.3 is 5.32 Å². The molecule has 0 saturated carbocycles. The van der Waals surface area contributed by atoms with Gasteiger partial charge in [0.25, 0.3) is 0 Å². The van der Waals surface area contributed by atoms with Gasteiger partial charge in [-0.25, -0.2) is 4.68 Å². The third-order valence-corrected chi connectivity index (χ3v) is 4.05. The molecule has 0 saturated heterocycles. The van der Waals surface area contributed by atoms with Crippen molar-refractivity contribution in [1.29, 1.82) is 0 Å². The minimum atomic E-state index is 0.101. The molecule has 0 fully saturated rings. The molecule has 1 aromatic heterocycles. The molecule has 2 aromatic carbocycles. The van der Waals surface area contributed by atoms with E-state index in [4.69, 9.17) is 0 Å². The maximum Gasteiger partial charge on any atom is 0.168 e. The number of rotatable bonds is 7. The van der Waals surface area contributed by atoms with Gasteiger partial charge in [-0.2, -0.15) is 0 Å². The van der Waals surface area contributed by atoms with Gasteiger partial charge in [0.15, 0.2) is 5.82 Å². The Balaban J connectivity index is 1.75. The van der Waals surface area contributed by atoms with Crippen LogP contribution < -0.4 is 5.32 Å². The second-order valence-corrected chi connectivity index (χ2v) is 6.27. The fourth-order valence-electron chi connectivity index (χ4n) is 2.75. The first kappa shape index (κ1) is 16.3. The van der Waals surface area contributed by atoms with Crippen molar-refractivity contribution in [2.75, 3.05) is 0 Å². The van der Waals surface area contributed by atoms with E-state index in [1.807, 2.05) is 28.9 Å². The summed E-state index contributed by atoms with van der Waals surface area (Å²) in [6, 6.07) is 20.8. The number of hydrogen-bond donors (Lipinski definition) is 1. The lowest BCUT2D eigenvalue weighted by Gasteiger charge is -2.21. The van der Waals surface area contributed by atoms with Crippen molar-refractivity contribution in [3.05, 3.63) is 77.6 Å². The van der Waals surface area contributed by atoms with Gasteiger partial charge in [0, 0.05) is 6.54 Å². The normalized spacial score (nSPS) is 12.5. The van der Waals surface area contributed by atoms with Crippen LogP contribution in [0, 0.1) is 5.92 Å². The van der Waals surface area contributed by atoms with E-state index < -0.39 is 0 Å². The first-order valence-electron chi connectivity index (χ1n) is 8.31. The molecule has 0 spiro atoms. The van der Waals surface area contributed by atoms with Crippen LogP contribution in [0.2, 0.25) is 0 Å². The largest absolute Gasteiger partial charge is 0.303 e. The molecule has 3 rings (SSSR count). The lowest BCUT2D eigenvalue weighted by atomic mass is 10.0. The minimum absolute atomic E-state index is 0.101. The molecule has 0 bridgehead atoms. The zero-order valence-corrected chi connectivity index (χ0v) is 14.1. The van der Waals surface area contributed by atoms with Crippen LogP contribution in [0.15, 0.2) is 60.7 Å². The Kier molecular flexibility index (Phi) is 5.33. The molecule has 0 aliphatic heterocycles. The highest BCUT2D eigenvalue weighted by atomic mass is 15.5. The van der Waals surface area contributed by atoms with Gasteiger partial charge in [-0.3, -0.25) is 0 Å². The highest BCUT2D eigenvalue weighted by Crippen LogP contribution is 2.20. The molecule has 0 radical (unpaired) electrons. The second-order valence-electron chi connectivity index (χ2n) is 6.27. The van der Waals surface area contributed by atoms with Gasteiger partial charge in [0.2, 0.25) is 0 Å². The molecular weight excluding hydrogens is 298 g/mol. The first-order valence-corrected chi connectivity index (χ1v) is 8.31. The average Bonchev–Trinajstić information content (AvgIpc) is 3.04. The average molecular weight is 321 g/mol. The summed E-state index contributed by atoms with van der Waals surface area (Å²) in [6.07, 6.45) is 0. The molecule has 0 aliphatic rings. The topological polar surface area (TPSA) is 55.6 Å². The Labute approximate surface area is 142 Å². The van der Waals surface area contributed by atoms with Crippen LogP contribution in [-0.4, -0.2) is 20.2 Å². The number of aromatic nitrogens is 4. The summed E-state index contributed by atoms with van der Waals surface area (Å²) in [5.74, 6) is 1.26. The molecule has 1 N–H and O–H groups in total. The Morgan fingerprint density at radius 2 is 1.54 bits per heavy atom. The smallest absolute Gasteiger partial charge is 0.168 e. The number of nitrogens with zero attached hydrogens (tertiary/aromatic N) is 4. The molecule has 5 heteroatoms. The molecule has 24 heavy (non-hydrogen) atoms. The molecule has 5 nitrogen and oxygen atoms in total. The van der Waals surface area contributed by atoms with Gasteiger partial charge >= 0.3 is 0 Å². The van der Waals surface area contributed by atoms with Gasteiger partial charge in [0.05, 0.1) is 12.6 Å². The molecule has 0 aliphatic carbocycles. The van der Waals surface area contributed by atoms with Gasteiger partial charge in [-0.15, -0.1) is 5.10 Å². The van der Waals surface area contributed by atoms with Crippen molar-refractivity contribution in [2.45, 2.75) is 33.0 Å². The Morgan fingerprint density at radius 3 is 2.17 bits per heavy atom. The number of nitrogens with one attached hydrogen (secondary N) is 1. The summed E-state index contributed by atoms with van der Waals surface area (Å²) < 4.78 is 1.89. The summed E-state index contributed by atoms with van der Waals surface area (Å²) in [7, 11) is 0. The number of tetrazole rings is 1. The van der Waals surface area contributed by atoms with Crippen LogP contribution in [0.4, 0.5) is 0 Å². The van der Waals surface area contributed by atoms with Crippen LogP contribution in [0.5, 0.6) is 0 Å². The summed E-state index contributed by atoms with van der Waals surface area (Å²) in [5.41, 5.74) is 2.45. The fourth-order valence-corrected chi connectivity index (χ4v) is 2.75. The van der Waals surface area contributed by atoms with Crippen LogP contribution in [0.3, 0.4) is 0 Å². The fraction of sp³-hybridized carbons (Fsp3) is 0.316. The van der Waals surface area contributed by atoms with E-state index in [-0.39, 0.29) is 6.04 Å². The van der Waals surface area contributed by atoms with E-state index in [1.165, 1.54) is 11.1 Å². The molecule has 1 heterocycles. The SMILES string of the molecule is CC(C)[C@H](NCc1ccccc1)c1nnnn1Cc1ccccc1. The van der Waals surface area contributed by atoms with Crippen molar-refractivity contribution < 1.29 is 0 Å². The molecule has 3 aromatic rings. The van der Waals surface area contributed by atoms with Gasteiger partial charge in [-0.1, -0.05) is 74.5 Å². The van der Waals surface area contributed by atoms with E-state index in [2.05, 4.69) is 71.1 Å². The predicted molar refractivity (Wildman–Crippen MR) is 94.2 cm³/mol. The Bertz CT molecular complexity index is 737. The van der Waals surface area contributed by atoms with Crippen molar-refractivity contribution >= 4 is 0 Å². The lowest BCUT2D eigenvalue weighted by Crippen LogP contribution is -2.28. The summed E-state index contributed by atoms with van der Waals surface area (Å²) in [6.45, 7) is 5.84. The van der Waals surface area contributed by atoms with Crippen molar-refractivity contribution in [3.8, 4) is 0 Å². The summed E-state index contributed by atoms with van der Waals surface area (Å²) >= 11 is 0. The lowest BCUT2D eigenvalue weighted by molar-refractivity contribution is 0.376. The highest BCUT2D eigenvalue weighted by Gasteiger charge is 2.22. The van der Waals surface area contributed by atoms with E-state index >= 15 is 0 Å². The standard InChI is InChI=1S/C19H23N5/c1-15(2)18(20-13-16-9-5-3-6-10-16)19-21-22-23-24(19)14-17-11-7-4-8-12-17/h3-12,15,18,20H,13-14H2,1-2H3/t18-/m0/s1. The van der Waals surface area contributed by atoms with Crippen LogP contribution in [-0.2, 0) is 13.1 Å². The van der Waals surface area contributed by atoms with E-state index in [9.17, 15) is 0 Å². The number of benzene rings is 2. The predicted octanol–water partition coefficient (Wildman–Crippen LogP) is 3.21. The minimum Gasteiger partial charge on any atom is -0.303 e. The van der Waals surface area contributed by atoms with Crippen molar-refractivity contribution in [2.24, 2.45) is 5.92 Å². The van der Waals surface area contributed by atoms with Crippen LogP contribution in [0.25, 0.3) is 0 Å². The van der Waals surface area contributed by atoms with E-state index in [1.54, 1.807) is 0 Å². The zero-order chi connectivity index (χ0) is 16.8. The van der Waals surface area contributed by atoms with Gasteiger partial charge in [0.1, 0.15) is 0 Å². The molecule has 1 atom stereocenters. The monoisotopic (exact) mass is 321 g/mol. The van der Waals surface area contributed by atoms with Crippen LogP contribution in [0.1, 0.15) is 36.8 Å². The van der Waals surface area contributed by atoms with Crippen molar-refractivity contribution in [3.63, 3.8) is 0 Å². The van der Waals surface area contributed by atoms with E-state index in [0.717, 1.165) is 12.4 Å². The maximum absolute atomic E-state index is 4.29. The summed E-state index contributed by atoms with van der Waals surface area (Å²) in [4.78, 5) is 0. The van der Waals surface area contributed by atoms with E-state index in [0.29, 0.717) is 12.5 Å². The second kappa shape index (κ2) is 7.84. The molecule has 0 amide bonds. The third kappa shape index (κ3) is 4.06. The highest BCUT2D eigenvalue weighted by molar-refractivity contribution is 5.16. The Morgan fingerprint density at radius 1 is 0.917 bits per heavy atom.